The van der Waals surface area contributed by atoms with Crippen LogP contribution in [-0.4, -0.2) is 43.7 Å². The van der Waals surface area contributed by atoms with Gasteiger partial charge in [0.2, 0.25) is 0 Å². The Kier molecular flexibility index (Phi) is 9.93. The van der Waals surface area contributed by atoms with Gasteiger partial charge in [-0.3, -0.25) is 0 Å². The molecule has 1 aliphatic rings. The maximum absolute atomic E-state index is 15.9. The van der Waals surface area contributed by atoms with Crippen molar-refractivity contribution in [3.8, 4) is 0 Å². The van der Waals surface area contributed by atoms with Crippen molar-refractivity contribution in [2.45, 2.75) is 50.3 Å². The van der Waals surface area contributed by atoms with E-state index in [4.69, 9.17) is 23.7 Å². The van der Waals surface area contributed by atoms with Gasteiger partial charge in [-0.25, -0.2) is 8.78 Å². The summed E-state index contributed by atoms with van der Waals surface area (Å²) in [6.07, 6.45) is -3.99. The van der Waals surface area contributed by atoms with Gasteiger partial charge in [-0.1, -0.05) is 97.1 Å². The largest absolute Gasteiger partial charge is 0.374 e. The third kappa shape index (κ3) is 7.53. The molecule has 0 radical (unpaired) electrons. The first-order valence-corrected chi connectivity index (χ1v) is 12.3. The first-order chi connectivity index (χ1) is 18.1. The summed E-state index contributed by atoms with van der Waals surface area (Å²) in [5.41, 5.74) is 2.48. The summed E-state index contributed by atoms with van der Waals surface area (Å²) in [4.78, 5) is 0. The molecule has 1 fully saturated rings. The fourth-order valence-electron chi connectivity index (χ4n) is 4.08. The minimum Gasteiger partial charge on any atom is -0.374 e. The average molecular weight is 511 g/mol. The smallest absolute Gasteiger partial charge is 0.304 e. The molecule has 0 saturated carbocycles. The molecule has 1 saturated heterocycles. The number of hydrogen-bond donors (Lipinski definition) is 0. The standard InChI is InChI=1S/C30H32F2O5/c1-2-18-34-29-27(35-20-24-14-8-4-9-15-24)28(36-21-25-16-10-5-11-17-25)30(31,32)26(37-29)22-33-19-23-12-6-3-7-13-23/h2-17,26-29H,1,18-22H2/t26-,27-,28-,29+/m1/s1. The monoisotopic (exact) mass is 510 g/mol. The molecule has 1 aliphatic heterocycles. The van der Waals surface area contributed by atoms with E-state index in [1.807, 2.05) is 91.0 Å². The summed E-state index contributed by atoms with van der Waals surface area (Å²) >= 11 is 0. The van der Waals surface area contributed by atoms with E-state index in [2.05, 4.69) is 6.58 Å². The Morgan fingerprint density at radius 2 is 1.24 bits per heavy atom. The third-order valence-electron chi connectivity index (χ3n) is 5.99. The van der Waals surface area contributed by atoms with Gasteiger partial charge < -0.3 is 23.7 Å². The molecule has 0 N–H and O–H groups in total. The molecule has 37 heavy (non-hydrogen) atoms. The lowest BCUT2D eigenvalue weighted by Crippen LogP contribution is -2.64. The molecule has 0 amide bonds. The van der Waals surface area contributed by atoms with Crippen molar-refractivity contribution in [2.24, 2.45) is 0 Å². The molecule has 3 aromatic rings. The van der Waals surface area contributed by atoms with Crippen LogP contribution in [0.4, 0.5) is 8.78 Å². The van der Waals surface area contributed by atoms with E-state index >= 15 is 8.78 Å². The zero-order valence-corrected chi connectivity index (χ0v) is 20.6. The topological polar surface area (TPSA) is 46.2 Å². The summed E-state index contributed by atoms with van der Waals surface area (Å²) < 4.78 is 61.0. The fraction of sp³-hybridized carbons (Fsp3) is 0.333. The van der Waals surface area contributed by atoms with Crippen LogP contribution in [0.5, 0.6) is 0 Å². The number of alkyl halides is 2. The molecule has 0 bridgehead atoms. The van der Waals surface area contributed by atoms with Gasteiger partial charge in [-0.2, -0.15) is 0 Å². The highest BCUT2D eigenvalue weighted by molar-refractivity contribution is 5.15. The van der Waals surface area contributed by atoms with Crippen LogP contribution in [0.25, 0.3) is 0 Å². The van der Waals surface area contributed by atoms with Crippen molar-refractivity contribution in [3.63, 3.8) is 0 Å². The molecule has 7 heteroatoms. The SMILES string of the molecule is C=CCO[C@H]1O[C@H](COCc2ccccc2)C(F)(F)[C@H](OCc2ccccc2)[C@H]1OCc1ccccc1. The van der Waals surface area contributed by atoms with E-state index < -0.39 is 30.5 Å². The van der Waals surface area contributed by atoms with E-state index in [1.54, 1.807) is 0 Å². The zero-order valence-electron chi connectivity index (χ0n) is 20.6. The Balaban J connectivity index is 1.54. The first-order valence-electron chi connectivity index (χ1n) is 12.3. The molecule has 0 aromatic heterocycles. The first kappa shape index (κ1) is 27.1. The normalized spacial score (nSPS) is 23.0. The van der Waals surface area contributed by atoms with Gasteiger partial charge in [0.1, 0.15) is 6.10 Å². The molecule has 0 spiro atoms. The number of hydrogen-bond acceptors (Lipinski definition) is 5. The van der Waals surface area contributed by atoms with Gasteiger partial charge in [0.25, 0.3) is 0 Å². The van der Waals surface area contributed by atoms with Crippen molar-refractivity contribution in [1.29, 1.82) is 0 Å². The molecule has 3 aromatic carbocycles. The van der Waals surface area contributed by atoms with Gasteiger partial charge in [0.15, 0.2) is 18.5 Å². The third-order valence-corrected chi connectivity index (χ3v) is 5.99. The fourth-order valence-corrected chi connectivity index (χ4v) is 4.08. The van der Waals surface area contributed by atoms with Crippen LogP contribution in [0.2, 0.25) is 0 Å². The average Bonchev–Trinajstić information content (AvgIpc) is 2.93. The Morgan fingerprint density at radius 3 is 1.78 bits per heavy atom. The van der Waals surface area contributed by atoms with Gasteiger partial charge in [-0.15, -0.1) is 6.58 Å². The molecule has 4 rings (SSSR count). The van der Waals surface area contributed by atoms with Gasteiger partial charge in [-0.05, 0) is 16.7 Å². The number of ether oxygens (including phenoxy) is 5. The highest BCUT2D eigenvalue weighted by Gasteiger charge is 2.60. The Hall–Kier alpha value is -2.94. The second-order valence-corrected chi connectivity index (χ2v) is 8.77. The van der Waals surface area contributed by atoms with E-state index in [-0.39, 0.29) is 33.0 Å². The summed E-state index contributed by atoms with van der Waals surface area (Å²) in [6.45, 7) is 3.68. The highest BCUT2D eigenvalue weighted by Crippen LogP contribution is 2.39. The second kappa shape index (κ2) is 13.6. The number of rotatable bonds is 13. The van der Waals surface area contributed by atoms with E-state index in [0.717, 1.165) is 16.7 Å². The van der Waals surface area contributed by atoms with Crippen LogP contribution in [-0.2, 0) is 43.5 Å². The predicted octanol–water partition coefficient (Wildman–Crippen LogP) is 5.94. The van der Waals surface area contributed by atoms with Crippen LogP contribution >= 0.6 is 0 Å². The van der Waals surface area contributed by atoms with E-state index in [0.29, 0.717) is 0 Å². The maximum Gasteiger partial charge on any atom is 0.304 e. The van der Waals surface area contributed by atoms with Crippen molar-refractivity contribution in [2.75, 3.05) is 13.2 Å². The van der Waals surface area contributed by atoms with Gasteiger partial charge >= 0.3 is 5.92 Å². The van der Waals surface area contributed by atoms with Crippen LogP contribution < -0.4 is 0 Å². The Labute approximate surface area is 216 Å². The van der Waals surface area contributed by atoms with Crippen molar-refractivity contribution in [1.82, 2.24) is 0 Å². The minimum absolute atomic E-state index is 0.0158. The lowest BCUT2D eigenvalue weighted by atomic mass is 9.97. The molecular formula is C30H32F2O5. The number of halogens is 2. The lowest BCUT2D eigenvalue weighted by Gasteiger charge is -2.45. The van der Waals surface area contributed by atoms with E-state index in [1.165, 1.54) is 6.08 Å². The van der Waals surface area contributed by atoms with Crippen molar-refractivity contribution < 1.29 is 32.5 Å². The van der Waals surface area contributed by atoms with Gasteiger partial charge in [0.05, 0.1) is 33.0 Å². The van der Waals surface area contributed by atoms with Crippen LogP contribution in [0.15, 0.2) is 104 Å². The quantitative estimate of drug-likeness (QED) is 0.267. The summed E-state index contributed by atoms with van der Waals surface area (Å²) in [7, 11) is 0. The van der Waals surface area contributed by atoms with Crippen molar-refractivity contribution in [3.05, 3.63) is 120 Å². The molecule has 4 atom stereocenters. The minimum atomic E-state index is -3.42. The zero-order chi connectivity index (χ0) is 25.9. The summed E-state index contributed by atoms with van der Waals surface area (Å²) in [6, 6.07) is 27.9. The molecular weight excluding hydrogens is 478 g/mol. The van der Waals surface area contributed by atoms with Crippen LogP contribution in [0.3, 0.4) is 0 Å². The number of benzene rings is 3. The molecule has 1 heterocycles. The van der Waals surface area contributed by atoms with E-state index in [9.17, 15) is 0 Å². The highest BCUT2D eigenvalue weighted by atomic mass is 19.3. The summed E-state index contributed by atoms with van der Waals surface area (Å²) in [5.74, 6) is -3.42. The summed E-state index contributed by atoms with van der Waals surface area (Å²) in [5, 5.41) is 0. The Bertz CT molecular complexity index is 1070. The molecule has 5 nitrogen and oxygen atoms in total. The Morgan fingerprint density at radius 1 is 0.730 bits per heavy atom. The predicted molar refractivity (Wildman–Crippen MR) is 136 cm³/mol. The lowest BCUT2D eigenvalue weighted by molar-refractivity contribution is -0.360. The molecule has 0 aliphatic carbocycles. The maximum atomic E-state index is 15.9. The second-order valence-electron chi connectivity index (χ2n) is 8.77. The molecule has 0 unspecified atom stereocenters. The van der Waals surface area contributed by atoms with Crippen LogP contribution in [0.1, 0.15) is 16.7 Å². The molecule has 196 valence electrons. The van der Waals surface area contributed by atoms with Crippen molar-refractivity contribution >= 4 is 0 Å². The van der Waals surface area contributed by atoms with Crippen LogP contribution in [0, 0.1) is 0 Å². The van der Waals surface area contributed by atoms with Gasteiger partial charge in [0, 0.05) is 0 Å².